The van der Waals surface area contributed by atoms with Crippen LogP contribution in [-0.4, -0.2) is 10.7 Å². The molecule has 1 aromatic carbocycles. The van der Waals surface area contributed by atoms with E-state index < -0.39 is 5.60 Å². The Morgan fingerprint density at radius 2 is 1.92 bits per heavy atom. The van der Waals surface area contributed by atoms with Gasteiger partial charge in [-0.2, -0.15) is 0 Å². The minimum Gasteiger partial charge on any atom is -0.398 e. The zero-order valence-electron chi connectivity index (χ0n) is 7.83. The van der Waals surface area contributed by atoms with Crippen molar-refractivity contribution in [2.45, 2.75) is 19.4 Å². The molecule has 0 aromatic heterocycles. The van der Waals surface area contributed by atoms with Crippen LogP contribution in [0.3, 0.4) is 0 Å². The molecule has 0 amide bonds. The van der Waals surface area contributed by atoms with Crippen LogP contribution < -0.4 is 5.73 Å². The molecular formula is C11H13NO. The van der Waals surface area contributed by atoms with Gasteiger partial charge in [0.2, 0.25) is 0 Å². The van der Waals surface area contributed by atoms with E-state index in [4.69, 9.17) is 5.73 Å². The summed E-state index contributed by atoms with van der Waals surface area (Å²) in [7, 11) is 0. The van der Waals surface area contributed by atoms with E-state index >= 15 is 0 Å². The number of hydrogen-bond donors (Lipinski definition) is 2. The summed E-state index contributed by atoms with van der Waals surface area (Å²) in [6.45, 7) is 3.28. The van der Waals surface area contributed by atoms with Gasteiger partial charge >= 0.3 is 0 Å². The van der Waals surface area contributed by atoms with E-state index in [1.54, 1.807) is 19.9 Å². The molecule has 3 N–H and O–H groups in total. The molecule has 0 unspecified atom stereocenters. The first kappa shape index (κ1) is 9.63. The number of anilines is 1. The molecule has 0 spiro atoms. The van der Waals surface area contributed by atoms with Crippen LogP contribution in [0.2, 0.25) is 0 Å². The Kier molecular flexibility index (Phi) is 2.60. The third-order valence-electron chi connectivity index (χ3n) is 1.46. The monoisotopic (exact) mass is 175 g/mol. The van der Waals surface area contributed by atoms with Gasteiger partial charge in [0.05, 0.1) is 0 Å². The lowest BCUT2D eigenvalue weighted by molar-refractivity contribution is 0.143. The van der Waals surface area contributed by atoms with E-state index in [0.717, 1.165) is 5.56 Å². The van der Waals surface area contributed by atoms with Gasteiger partial charge in [-0.3, -0.25) is 0 Å². The summed E-state index contributed by atoms with van der Waals surface area (Å²) in [6.07, 6.45) is 0. The van der Waals surface area contributed by atoms with Crippen molar-refractivity contribution in [1.29, 1.82) is 0 Å². The van der Waals surface area contributed by atoms with Crippen molar-refractivity contribution < 1.29 is 5.11 Å². The quantitative estimate of drug-likeness (QED) is 0.462. The molecule has 0 radical (unpaired) electrons. The van der Waals surface area contributed by atoms with Crippen LogP contribution in [-0.2, 0) is 0 Å². The van der Waals surface area contributed by atoms with E-state index in [9.17, 15) is 5.11 Å². The molecular weight excluding hydrogens is 162 g/mol. The summed E-state index contributed by atoms with van der Waals surface area (Å²) in [5, 5.41) is 9.36. The number of nitrogen functional groups attached to an aromatic ring is 1. The van der Waals surface area contributed by atoms with Gasteiger partial charge in [0.1, 0.15) is 5.60 Å². The first-order valence-corrected chi connectivity index (χ1v) is 4.09. The number of para-hydroxylation sites is 1. The molecule has 0 aliphatic rings. The van der Waals surface area contributed by atoms with Crippen LogP contribution in [0, 0.1) is 11.8 Å². The highest BCUT2D eigenvalue weighted by Gasteiger charge is 2.05. The molecule has 0 heterocycles. The maximum absolute atomic E-state index is 9.36. The first-order valence-electron chi connectivity index (χ1n) is 4.09. The molecule has 0 atom stereocenters. The number of nitrogens with two attached hydrogens (primary N) is 1. The third kappa shape index (κ3) is 3.18. The Morgan fingerprint density at radius 1 is 1.31 bits per heavy atom. The van der Waals surface area contributed by atoms with Gasteiger partial charge in [0.25, 0.3) is 0 Å². The third-order valence-corrected chi connectivity index (χ3v) is 1.46. The molecule has 1 aromatic rings. The molecule has 0 aliphatic carbocycles. The largest absolute Gasteiger partial charge is 0.398 e. The second kappa shape index (κ2) is 3.51. The molecule has 0 aliphatic heterocycles. The molecule has 1 rings (SSSR count). The maximum Gasteiger partial charge on any atom is 0.120 e. The number of benzene rings is 1. The molecule has 0 fully saturated rings. The zero-order valence-corrected chi connectivity index (χ0v) is 7.83. The Bertz CT molecular complexity index is 352. The topological polar surface area (TPSA) is 46.2 Å². The lowest BCUT2D eigenvalue weighted by Gasteiger charge is -2.06. The predicted octanol–water partition coefficient (Wildman–Crippen LogP) is 1.39. The van der Waals surface area contributed by atoms with E-state index in [2.05, 4.69) is 11.8 Å². The minimum absolute atomic E-state index is 0.638. The Balaban J connectivity index is 2.97. The van der Waals surface area contributed by atoms with Crippen LogP contribution in [0.4, 0.5) is 5.69 Å². The second-order valence-corrected chi connectivity index (χ2v) is 3.40. The zero-order chi connectivity index (χ0) is 9.90. The van der Waals surface area contributed by atoms with E-state index in [1.807, 2.05) is 18.2 Å². The summed E-state index contributed by atoms with van der Waals surface area (Å²) >= 11 is 0. The van der Waals surface area contributed by atoms with E-state index in [0.29, 0.717) is 5.69 Å². The maximum atomic E-state index is 9.36. The van der Waals surface area contributed by atoms with E-state index in [-0.39, 0.29) is 0 Å². The van der Waals surface area contributed by atoms with Gasteiger partial charge in [-0.15, -0.1) is 0 Å². The normalized spacial score (nSPS) is 10.4. The second-order valence-electron chi connectivity index (χ2n) is 3.40. The van der Waals surface area contributed by atoms with Crippen molar-refractivity contribution in [3.05, 3.63) is 29.8 Å². The summed E-state index contributed by atoms with van der Waals surface area (Å²) in [6, 6.07) is 7.33. The number of rotatable bonds is 0. The summed E-state index contributed by atoms with van der Waals surface area (Å²) in [5.74, 6) is 5.53. The minimum atomic E-state index is -0.970. The van der Waals surface area contributed by atoms with Gasteiger partial charge in [0.15, 0.2) is 0 Å². The molecule has 2 nitrogen and oxygen atoms in total. The standard InChI is InChI=1S/C11H13NO/c1-11(2,13)8-7-9-5-3-4-6-10(9)12/h3-6,13H,12H2,1-2H3. The van der Waals surface area contributed by atoms with Crippen molar-refractivity contribution >= 4 is 5.69 Å². The van der Waals surface area contributed by atoms with Crippen molar-refractivity contribution in [2.75, 3.05) is 5.73 Å². The van der Waals surface area contributed by atoms with Crippen molar-refractivity contribution in [3.63, 3.8) is 0 Å². The fourth-order valence-electron chi connectivity index (χ4n) is 0.831. The number of hydrogen-bond acceptors (Lipinski definition) is 2. The molecule has 0 saturated heterocycles. The van der Waals surface area contributed by atoms with Gasteiger partial charge in [-0.1, -0.05) is 24.0 Å². The van der Waals surface area contributed by atoms with Gasteiger partial charge in [0, 0.05) is 11.3 Å². The van der Waals surface area contributed by atoms with Crippen LogP contribution >= 0.6 is 0 Å². The fourth-order valence-corrected chi connectivity index (χ4v) is 0.831. The van der Waals surface area contributed by atoms with Crippen molar-refractivity contribution in [2.24, 2.45) is 0 Å². The average molecular weight is 175 g/mol. The summed E-state index contributed by atoms with van der Waals surface area (Å²) < 4.78 is 0. The van der Waals surface area contributed by atoms with Gasteiger partial charge < -0.3 is 10.8 Å². The molecule has 0 bridgehead atoms. The lowest BCUT2D eigenvalue weighted by atomic mass is 10.1. The highest BCUT2D eigenvalue weighted by Crippen LogP contribution is 2.09. The SMILES string of the molecule is CC(C)(O)C#Cc1ccccc1N. The van der Waals surface area contributed by atoms with Crippen LogP contribution in [0.1, 0.15) is 19.4 Å². The fraction of sp³-hybridized carbons (Fsp3) is 0.273. The highest BCUT2D eigenvalue weighted by molar-refractivity contribution is 5.55. The van der Waals surface area contributed by atoms with Crippen LogP contribution in [0.15, 0.2) is 24.3 Å². The smallest absolute Gasteiger partial charge is 0.120 e. The van der Waals surface area contributed by atoms with Gasteiger partial charge in [-0.05, 0) is 26.0 Å². The molecule has 2 heteroatoms. The van der Waals surface area contributed by atoms with Crippen molar-refractivity contribution in [3.8, 4) is 11.8 Å². The van der Waals surface area contributed by atoms with Gasteiger partial charge in [-0.25, -0.2) is 0 Å². The first-order chi connectivity index (χ1) is 5.99. The average Bonchev–Trinajstić information content (AvgIpc) is 2.01. The lowest BCUT2D eigenvalue weighted by Crippen LogP contribution is -2.14. The predicted molar refractivity (Wildman–Crippen MR) is 54.0 cm³/mol. The highest BCUT2D eigenvalue weighted by atomic mass is 16.3. The Labute approximate surface area is 78.4 Å². The Hall–Kier alpha value is -1.46. The van der Waals surface area contributed by atoms with Crippen LogP contribution in [0.5, 0.6) is 0 Å². The van der Waals surface area contributed by atoms with E-state index in [1.165, 1.54) is 0 Å². The molecule has 0 saturated carbocycles. The Morgan fingerprint density at radius 3 is 2.46 bits per heavy atom. The molecule has 13 heavy (non-hydrogen) atoms. The van der Waals surface area contributed by atoms with Crippen LogP contribution in [0.25, 0.3) is 0 Å². The number of aliphatic hydroxyl groups is 1. The summed E-state index contributed by atoms with van der Waals surface area (Å²) in [5.41, 5.74) is 6.09. The summed E-state index contributed by atoms with van der Waals surface area (Å²) in [4.78, 5) is 0. The van der Waals surface area contributed by atoms with Crippen molar-refractivity contribution in [1.82, 2.24) is 0 Å². The molecule has 68 valence electrons.